The predicted octanol–water partition coefficient (Wildman–Crippen LogP) is 0.0315. The first-order valence-electron chi connectivity index (χ1n) is 9.11. The first-order chi connectivity index (χ1) is 13.4. The smallest absolute Gasteiger partial charge is 0.338 e. The zero-order valence-corrected chi connectivity index (χ0v) is 16.6. The molecule has 2 aliphatic heterocycles. The lowest BCUT2D eigenvalue weighted by Gasteiger charge is -2.27. The van der Waals surface area contributed by atoms with Crippen molar-refractivity contribution in [3.63, 3.8) is 0 Å². The Bertz CT molecular complexity index is 828. The van der Waals surface area contributed by atoms with Crippen molar-refractivity contribution in [1.29, 1.82) is 0 Å². The maximum absolute atomic E-state index is 12.9. The fourth-order valence-electron chi connectivity index (χ4n) is 3.05. The SMILES string of the molecule is Cc1ccc(C(=O)OCC(=O)N2CCOCC2)cc1S(=O)(=O)N1CCOCC1. The van der Waals surface area contributed by atoms with Crippen LogP contribution in [0.4, 0.5) is 0 Å². The second-order valence-electron chi connectivity index (χ2n) is 6.57. The number of ether oxygens (including phenoxy) is 3. The van der Waals surface area contributed by atoms with E-state index in [1.165, 1.54) is 16.4 Å². The molecule has 0 saturated carbocycles. The molecule has 0 aromatic heterocycles. The molecule has 0 spiro atoms. The molecule has 9 nitrogen and oxygen atoms in total. The molecule has 1 amide bonds. The summed E-state index contributed by atoms with van der Waals surface area (Å²) in [5.41, 5.74) is 0.625. The second-order valence-corrected chi connectivity index (χ2v) is 8.47. The molecule has 0 unspecified atom stereocenters. The fraction of sp³-hybridized carbons (Fsp3) is 0.556. The summed E-state index contributed by atoms with van der Waals surface area (Å²) in [5, 5.41) is 0. The molecule has 1 aromatic rings. The van der Waals surface area contributed by atoms with Gasteiger partial charge < -0.3 is 19.1 Å². The number of nitrogens with zero attached hydrogens (tertiary/aromatic N) is 2. The third kappa shape index (κ3) is 4.69. The number of sulfonamides is 1. The third-order valence-electron chi connectivity index (χ3n) is 4.70. The largest absolute Gasteiger partial charge is 0.452 e. The van der Waals surface area contributed by atoms with Gasteiger partial charge in [-0.15, -0.1) is 0 Å². The summed E-state index contributed by atoms with van der Waals surface area (Å²) in [6, 6.07) is 4.37. The number of hydrogen-bond acceptors (Lipinski definition) is 7. The van der Waals surface area contributed by atoms with Gasteiger partial charge in [0, 0.05) is 26.2 Å². The van der Waals surface area contributed by atoms with Crippen molar-refractivity contribution in [3.8, 4) is 0 Å². The molecule has 0 radical (unpaired) electrons. The van der Waals surface area contributed by atoms with Gasteiger partial charge in [-0.05, 0) is 24.6 Å². The van der Waals surface area contributed by atoms with Crippen molar-refractivity contribution in [1.82, 2.24) is 9.21 Å². The second kappa shape index (κ2) is 8.99. The molecule has 0 bridgehead atoms. The lowest BCUT2D eigenvalue weighted by Crippen LogP contribution is -2.42. The molecule has 2 heterocycles. The van der Waals surface area contributed by atoms with Crippen LogP contribution in [0, 0.1) is 6.92 Å². The van der Waals surface area contributed by atoms with Crippen LogP contribution in [0.5, 0.6) is 0 Å². The van der Waals surface area contributed by atoms with Crippen molar-refractivity contribution in [3.05, 3.63) is 29.3 Å². The molecular weight excluding hydrogens is 388 g/mol. The normalized spacial score (nSPS) is 18.7. The first-order valence-corrected chi connectivity index (χ1v) is 10.5. The molecular formula is C18H24N2O7S. The van der Waals surface area contributed by atoms with E-state index in [9.17, 15) is 18.0 Å². The van der Waals surface area contributed by atoms with Gasteiger partial charge in [0.25, 0.3) is 5.91 Å². The van der Waals surface area contributed by atoms with E-state index in [1.807, 2.05) is 0 Å². The number of amides is 1. The molecule has 3 rings (SSSR count). The van der Waals surface area contributed by atoms with Gasteiger partial charge >= 0.3 is 5.97 Å². The van der Waals surface area contributed by atoms with Crippen molar-refractivity contribution in [2.45, 2.75) is 11.8 Å². The van der Waals surface area contributed by atoms with Gasteiger partial charge in [-0.3, -0.25) is 4.79 Å². The highest BCUT2D eigenvalue weighted by molar-refractivity contribution is 7.89. The minimum Gasteiger partial charge on any atom is -0.452 e. The van der Waals surface area contributed by atoms with E-state index in [-0.39, 0.29) is 29.5 Å². The van der Waals surface area contributed by atoms with Crippen LogP contribution < -0.4 is 0 Å². The fourth-order valence-corrected chi connectivity index (χ4v) is 4.70. The predicted molar refractivity (Wildman–Crippen MR) is 98.4 cm³/mol. The zero-order valence-electron chi connectivity index (χ0n) is 15.8. The van der Waals surface area contributed by atoms with Gasteiger partial charge in [-0.1, -0.05) is 6.07 Å². The molecule has 0 aliphatic carbocycles. The van der Waals surface area contributed by atoms with Crippen LogP contribution >= 0.6 is 0 Å². The van der Waals surface area contributed by atoms with Gasteiger partial charge in [0.2, 0.25) is 10.0 Å². The summed E-state index contributed by atoms with van der Waals surface area (Å²) in [6.45, 7) is 4.33. The van der Waals surface area contributed by atoms with Crippen molar-refractivity contribution >= 4 is 21.9 Å². The van der Waals surface area contributed by atoms with E-state index in [0.717, 1.165) is 0 Å². The Morgan fingerprint density at radius 1 is 1.04 bits per heavy atom. The molecule has 0 N–H and O–H groups in total. The van der Waals surface area contributed by atoms with E-state index >= 15 is 0 Å². The van der Waals surface area contributed by atoms with Crippen LogP contribution in [-0.2, 0) is 29.0 Å². The number of rotatable bonds is 5. The Balaban J connectivity index is 1.69. The van der Waals surface area contributed by atoms with Crippen molar-refractivity contribution in [2.75, 3.05) is 59.2 Å². The van der Waals surface area contributed by atoms with Crippen LogP contribution in [-0.4, -0.2) is 88.7 Å². The molecule has 2 aliphatic rings. The summed E-state index contributed by atoms with van der Waals surface area (Å²) >= 11 is 0. The summed E-state index contributed by atoms with van der Waals surface area (Å²) in [4.78, 5) is 26.1. The minimum atomic E-state index is -3.74. The topological polar surface area (TPSA) is 102 Å². The van der Waals surface area contributed by atoms with E-state index in [0.29, 0.717) is 45.1 Å². The minimum absolute atomic E-state index is 0.0587. The highest BCUT2D eigenvalue weighted by atomic mass is 32.2. The maximum Gasteiger partial charge on any atom is 0.338 e. The van der Waals surface area contributed by atoms with E-state index in [2.05, 4.69) is 0 Å². The highest BCUT2D eigenvalue weighted by Gasteiger charge is 2.29. The Morgan fingerprint density at radius 2 is 1.64 bits per heavy atom. The summed E-state index contributed by atoms with van der Waals surface area (Å²) in [5.74, 6) is -1.04. The van der Waals surface area contributed by atoms with Crippen molar-refractivity contribution in [2.24, 2.45) is 0 Å². The van der Waals surface area contributed by atoms with Gasteiger partial charge in [0.1, 0.15) is 0 Å². The number of carbonyl (C=O) groups is 2. The molecule has 0 atom stereocenters. The monoisotopic (exact) mass is 412 g/mol. The number of benzene rings is 1. The lowest BCUT2D eigenvalue weighted by molar-refractivity contribution is -0.138. The van der Waals surface area contributed by atoms with Gasteiger partial charge in [-0.25, -0.2) is 13.2 Å². The molecule has 10 heteroatoms. The summed E-state index contributed by atoms with van der Waals surface area (Å²) in [7, 11) is -3.74. The standard InChI is InChI=1S/C18H24N2O7S/c1-14-2-3-15(12-16(14)28(23,24)20-6-10-26-11-7-20)18(22)27-13-17(21)19-4-8-25-9-5-19/h2-3,12H,4-11,13H2,1H3. The van der Waals surface area contributed by atoms with Gasteiger partial charge in [0.15, 0.2) is 6.61 Å². The Hall–Kier alpha value is -2.01. The Kier molecular flexibility index (Phi) is 6.65. The average Bonchev–Trinajstić information content (AvgIpc) is 2.73. The van der Waals surface area contributed by atoms with Crippen LogP contribution in [0.25, 0.3) is 0 Å². The average molecular weight is 412 g/mol. The number of aryl methyl sites for hydroxylation is 1. The van der Waals surface area contributed by atoms with Gasteiger partial charge in [0.05, 0.1) is 36.9 Å². The van der Waals surface area contributed by atoms with Gasteiger partial charge in [-0.2, -0.15) is 4.31 Å². The molecule has 154 valence electrons. The molecule has 1 aromatic carbocycles. The van der Waals surface area contributed by atoms with Crippen LogP contribution in [0.2, 0.25) is 0 Å². The molecule has 2 saturated heterocycles. The summed E-state index contributed by atoms with van der Waals surface area (Å²) < 4.78 is 42.6. The molecule has 2 fully saturated rings. The van der Waals surface area contributed by atoms with E-state index in [1.54, 1.807) is 17.9 Å². The number of hydrogen-bond donors (Lipinski definition) is 0. The number of morpholine rings is 2. The number of esters is 1. The van der Waals surface area contributed by atoms with Crippen LogP contribution in [0.15, 0.2) is 23.1 Å². The van der Waals surface area contributed by atoms with E-state index < -0.39 is 22.6 Å². The number of carbonyl (C=O) groups excluding carboxylic acids is 2. The third-order valence-corrected chi connectivity index (χ3v) is 6.74. The van der Waals surface area contributed by atoms with Crippen LogP contribution in [0.1, 0.15) is 15.9 Å². The maximum atomic E-state index is 12.9. The van der Waals surface area contributed by atoms with E-state index in [4.69, 9.17) is 14.2 Å². The first kappa shape index (κ1) is 20.7. The quantitative estimate of drug-likeness (QED) is 0.629. The highest BCUT2D eigenvalue weighted by Crippen LogP contribution is 2.22. The van der Waals surface area contributed by atoms with Crippen molar-refractivity contribution < 1.29 is 32.2 Å². The van der Waals surface area contributed by atoms with Crippen LogP contribution in [0.3, 0.4) is 0 Å². The Labute approximate surface area is 164 Å². The lowest BCUT2D eigenvalue weighted by atomic mass is 10.1. The Morgan fingerprint density at radius 3 is 2.29 bits per heavy atom. The molecule has 28 heavy (non-hydrogen) atoms. The zero-order chi connectivity index (χ0) is 20.1. The summed E-state index contributed by atoms with van der Waals surface area (Å²) in [6.07, 6.45) is 0.